The Morgan fingerprint density at radius 1 is 1.36 bits per heavy atom. The number of nitrogens with one attached hydrogen (secondary N) is 2. The molecule has 1 atom stereocenters. The van der Waals surface area contributed by atoms with Crippen LogP contribution < -0.4 is 10.6 Å². The smallest absolute Gasteiger partial charge is 0.228 e. The maximum atomic E-state index is 11.5. The van der Waals surface area contributed by atoms with Gasteiger partial charge in [-0.15, -0.1) is 0 Å². The van der Waals surface area contributed by atoms with E-state index >= 15 is 0 Å². The first-order chi connectivity index (χ1) is 10.8. The van der Waals surface area contributed by atoms with E-state index in [0.717, 1.165) is 22.4 Å². The highest BCUT2D eigenvalue weighted by Crippen LogP contribution is 2.35. The van der Waals surface area contributed by atoms with Crippen molar-refractivity contribution in [2.24, 2.45) is 0 Å². The Balaban J connectivity index is 1.81. The zero-order valence-corrected chi connectivity index (χ0v) is 12.3. The molecule has 2 N–H and O–H groups in total. The first kappa shape index (κ1) is 13.4. The summed E-state index contributed by atoms with van der Waals surface area (Å²) >= 11 is 0. The minimum atomic E-state index is 0.0546. The minimum Gasteiger partial charge on any atom is -0.375 e. The van der Waals surface area contributed by atoms with Gasteiger partial charge in [0, 0.05) is 23.6 Å². The molecule has 5 heteroatoms. The summed E-state index contributed by atoms with van der Waals surface area (Å²) in [5.41, 5.74) is 6.50. The number of amides is 1. The predicted octanol–water partition coefficient (Wildman–Crippen LogP) is 2.03. The van der Waals surface area contributed by atoms with Crippen molar-refractivity contribution in [3.05, 3.63) is 47.3 Å². The van der Waals surface area contributed by atoms with Crippen LogP contribution >= 0.6 is 0 Å². The third-order valence-corrected chi connectivity index (χ3v) is 4.39. The van der Waals surface area contributed by atoms with Crippen molar-refractivity contribution in [3.63, 3.8) is 0 Å². The van der Waals surface area contributed by atoms with Crippen LogP contribution in [-0.4, -0.2) is 24.5 Å². The molecule has 0 fully saturated rings. The lowest BCUT2D eigenvalue weighted by Gasteiger charge is -2.26. The van der Waals surface area contributed by atoms with Gasteiger partial charge in [-0.25, -0.2) is 0 Å². The van der Waals surface area contributed by atoms with Crippen LogP contribution in [0.3, 0.4) is 0 Å². The topological polar surface area (TPSA) is 63.2 Å². The Hall–Kier alpha value is -2.24. The summed E-state index contributed by atoms with van der Waals surface area (Å²) in [5.74, 6) is 0.0546. The molecule has 0 saturated carbocycles. The Morgan fingerprint density at radius 3 is 3.14 bits per heavy atom. The second-order valence-electron chi connectivity index (χ2n) is 5.71. The fourth-order valence-electron chi connectivity index (χ4n) is 3.22. The van der Waals surface area contributed by atoms with Gasteiger partial charge in [0.25, 0.3) is 0 Å². The van der Waals surface area contributed by atoms with Gasteiger partial charge >= 0.3 is 0 Å². The molecule has 5 nitrogen and oxygen atoms in total. The van der Waals surface area contributed by atoms with Crippen LogP contribution in [0.5, 0.6) is 0 Å². The minimum absolute atomic E-state index is 0.0546. The lowest BCUT2D eigenvalue weighted by molar-refractivity contribution is -0.115. The molecule has 0 radical (unpaired) electrons. The first-order valence-corrected chi connectivity index (χ1v) is 7.41. The molecule has 0 bridgehead atoms. The number of hydrogen-bond acceptors (Lipinski definition) is 4. The van der Waals surface area contributed by atoms with E-state index in [1.165, 1.54) is 11.1 Å². The second kappa shape index (κ2) is 5.19. The largest absolute Gasteiger partial charge is 0.375 e. The fraction of sp³-hybridized carbons (Fsp3) is 0.294. The first-order valence-electron chi connectivity index (χ1n) is 7.41. The quantitative estimate of drug-likeness (QED) is 0.890. The summed E-state index contributed by atoms with van der Waals surface area (Å²) in [7, 11) is 1.93. The molecule has 2 aliphatic heterocycles. The molecule has 1 aromatic carbocycles. The van der Waals surface area contributed by atoms with Crippen LogP contribution in [0.15, 0.2) is 30.6 Å². The van der Waals surface area contributed by atoms with Gasteiger partial charge < -0.3 is 15.4 Å². The van der Waals surface area contributed by atoms with Crippen LogP contribution in [0, 0.1) is 0 Å². The number of hydrogen-bond donors (Lipinski definition) is 2. The number of pyridine rings is 1. The predicted molar refractivity (Wildman–Crippen MR) is 83.5 cm³/mol. The number of carbonyl (C=O) groups excluding carboxylic acids is 1. The van der Waals surface area contributed by atoms with Gasteiger partial charge in [-0.1, -0.05) is 6.07 Å². The van der Waals surface area contributed by atoms with Crippen molar-refractivity contribution >= 4 is 11.6 Å². The third-order valence-electron chi connectivity index (χ3n) is 4.39. The zero-order valence-electron chi connectivity index (χ0n) is 12.3. The number of benzene rings is 1. The number of ether oxygens (including phenoxy) is 1. The number of fused-ring (bicyclic) bond motifs is 2. The molecule has 22 heavy (non-hydrogen) atoms. The van der Waals surface area contributed by atoms with Crippen LogP contribution in [0.4, 0.5) is 5.69 Å². The highest BCUT2D eigenvalue weighted by atomic mass is 16.5. The van der Waals surface area contributed by atoms with Gasteiger partial charge in [-0.2, -0.15) is 0 Å². The molecule has 1 amide bonds. The SMILES string of the molecule is CNC1COCc2c(-c3ccc4c(c3)CC(=O)N4)cncc21. The molecule has 3 heterocycles. The van der Waals surface area contributed by atoms with Gasteiger partial charge in [0.2, 0.25) is 5.91 Å². The standard InChI is InChI=1S/C17H17N3O2/c1-18-16-9-22-8-14-12(6-19-7-13(14)16)10-2-3-15-11(4-10)5-17(21)20-15/h2-4,6-7,16,18H,5,8-9H2,1H3,(H,20,21). The maximum absolute atomic E-state index is 11.5. The average molecular weight is 295 g/mol. The highest BCUT2D eigenvalue weighted by molar-refractivity contribution is 5.99. The lowest BCUT2D eigenvalue weighted by Crippen LogP contribution is -2.27. The molecule has 0 aliphatic carbocycles. The van der Waals surface area contributed by atoms with Gasteiger partial charge in [0.1, 0.15) is 0 Å². The van der Waals surface area contributed by atoms with E-state index in [1.807, 2.05) is 31.6 Å². The normalized spacial score (nSPS) is 19.5. The summed E-state index contributed by atoms with van der Waals surface area (Å²) < 4.78 is 5.71. The fourth-order valence-corrected chi connectivity index (χ4v) is 3.22. The highest BCUT2D eigenvalue weighted by Gasteiger charge is 2.24. The number of anilines is 1. The maximum Gasteiger partial charge on any atom is 0.228 e. The van der Waals surface area contributed by atoms with Crippen LogP contribution in [0.1, 0.15) is 22.7 Å². The molecule has 1 aromatic heterocycles. The Bertz CT molecular complexity index is 758. The molecule has 4 rings (SSSR count). The molecule has 0 saturated heterocycles. The zero-order chi connectivity index (χ0) is 15.1. The number of nitrogens with zero attached hydrogens (tertiary/aromatic N) is 1. The number of aromatic nitrogens is 1. The molecule has 2 aliphatic rings. The monoisotopic (exact) mass is 295 g/mol. The molecule has 2 aromatic rings. The van der Waals surface area contributed by atoms with Crippen molar-refractivity contribution in [1.29, 1.82) is 0 Å². The lowest BCUT2D eigenvalue weighted by atomic mass is 9.92. The average Bonchev–Trinajstić information content (AvgIpc) is 2.92. The Morgan fingerprint density at radius 2 is 2.27 bits per heavy atom. The van der Waals surface area contributed by atoms with Crippen molar-refractivity contribution < 1.29 is 9.53 Å². The summed E-state index contributed by atoms with van der Waals surface area (Å²) in [6, 6.07) is 6.25. The molecule has 0 spiro atoms. The van der Waals surface area contributed by atoms with E-state index in [2.05, 4.69) is 21.7 Å². The van der Waals surface area contributed by atoms with Crippen molar-refractivity contribution in [3.8, 4) is 11.1 Å². The van der Waals surface area contributed by atoms with Crippen LogP contribution in [0.2, 0.25) is 0 Å². The Kier molecular flexibility index (Phi) is 3.17. The summed E-state index contributed by atoms with van der Waals surface area (Å²) in [4.78, 5) is 15.9. The van der Waals surface area contributed by atoms with E-state index in [0.29, 0.717) is 19.6 Å². The van der Waals surface area contributed by atoms with Crippen molar-refractivity contribution in [2.45, 2.75) is 19.1 Å². The van der Waals surface area contributed by atoms with Gasteiger partial charge in [0.05, 0.1) is 25.7 Å². The third kappa shape index (κ3) is 2.10. The number of likely N-dealkylation sites (N-methyl/N-ethyl adjacent to an activating group) is 1. The van der Waals surface area contributed by atoms with E-state index in [-0.39, 0.29) is 11.9 Å². The summed E-state index contributed by atoms with van der Waals surface area (Å²) in [6.07, 6.45) is 4.24. The van der Waals surface area contributed by atoms with E-state index in [1.54, 1.807) is 0 Å². The van der Waals surface area contributed by atoms with E-state index in [9.17, 15) is 4.79 Å². The van der Waals surface area contributed by atoms with Crippen LogP contribution in [-0.2, 0) is 22.6 Å². The molecule has 112 valence electrons. The summed E-state index contributed by atoms with van der Waals surface area (Å²) in [5, 5.41) is 6.13. The molecule has 1 unspecified atom stereocenters. The van der Waals surface area contributed by atoms with Gasteiger partial charge in [-0.3, -0.25) is 9.78 Å². The second-order valence-corrected chi connectivity index (χ2v) is 5.71. The van der Waals surface area contributed by atoms with Crippen molar-refractivity contribution in [1.82, 2.24) is 10.3 Å². The van der Waals surface area contributed by atoms with Crippen LogP contribution in [0.25, 0.3) is 11.1 Å². The molecular formula is C17H17N3O2. The summed E-state index contributed by atoms with van der Waals surface area (Å²) in [6.45, 7) is 1.26. The van der Waals surface area contributed by atoms with E-state index in [4.69, 9.17) is 4.74 Å². The molecular weight excluding hydrogens is 278 g/mol. The number of carbonyl (C=O) groups is 1. The Labute approximate surface area is 128 Å². The van der Waals surface area contributed by atoms with Gasteiger partial charge in [-0.05, 0) is 41.4 Å². The number of rotatable bonds is 2. The van der Waals surface area contributed by atoms with Crippen molar-refractivity contribution in [2.75, 3.05) is 19.0 Å². The van der Waals surface area contributed by atoms with Gasteiger partial charge in [0.15, 0.2) is 0 Å². The van der Waals surface area contributed by atoms with E-state index < -0.39 is 0 Å².